The van der Waals surface area contributed by atoms with E-state index in [0.717, 1.165) is 89.9 Å². The lowest BCUT2D eigenvalue weighted by Crippen LogP contribution is -2.46. The molecule has 3 atom stereocenters. The molecule has 0 saturated carbocycles. The highest BCUT2D eigenvalue weighted by Gasteiger charge is 2.24. The first-order valence-electron chi connectivity index (χ1n) is 24.2. The summed E-state index contributed by atoms with van der Waals surface area (Å²) in [5.41, 5.74) is 0. The van der Waals surface area contributed by atoms with Gasteiger partial charge in [-0.2, -0.15) is 0 Å². The van der Waals surface area contributed by atoms with Gasteiger partial charge in [-0.3, -0.25) is 9.59 Å². The molecule has 0 aliphatic rings. The van der Waals surface area contributed by atoms with Crippen LogP contribution in [0.4, 0.5) is 0 Å². The summed E-state index contributed by atoms with van der Waals surface area (Å²) in [6, 6.07) is -0.704. The van der Waals surface area contributed by atoms with Gasteiger partial charge in [0.1, 0.15) is 6.10 Å². The van der Waals surface area contributed by atoms with E-state index in [1.807, 2.05) is 0 Å². The number of rotatable bonds is 43. The zero-order valence-corrected chi connectivity index (χ0v) is 37.3. The number of hydrogen-bond donors (Lipinski definition) is 3. The first-order valence-corrected chi connectivity index (χ1v) is 24.2. The van der Waals surface area contributed by atoms with Crippen molar-refractivity contribution in [3.63, 3.8) is 0 Å². The average molecular weight is 788 g/mol. The van der Waals surface area contributed by atoms with Crippen molar-refractivity contribution in [3.05, 3.63) is 36.5 Å². The molecule has 0 spiro atoms. The molecule has 0 aromatic heterocycles. The second kappa shape index (κ2) is 44.2. The molecule has 0 saturated heterocycles. The molecule has 328 valence electrons. The van der Waals surface area contributed by atoms with Crippen LogP contribution >= 0.6 is 0 Å². The first kappa shape index (κ1) is 54.1. The van der Waals surface area contributed by atoms with Crippen LogP contribution in [0.2, 0.25) is 0 Å². The molecule has 6 heteroatoms. The number of carbonyl (C=O) groups excluding carboxylic acids is 2. The Morgan fingerprint density at radius 3 is 1.46 bits per heavy atom. The van der Waals surface area contributed by atoms with Crippen LogP contribution in [0.25, 0.3) is 0 Å². The molecule has 0 fully saturated rings. The fraction of sp³-hybridized carbons (Fsp3) is 0.840. The highest BCUT2D eigenvalue weighted by molar-refractivity contribution is 5.77. The summed E-state index contributed by atoms with van der Waals surface area (Å²) in [6.45, 7) is 6.35. The third kappa shape index (κ3) is 38.9. The number of carbonyl (C=O) groups is 2. The van der Waals surface area contributed by atoms with E-state index in [-0.39, 0.29) is 24.9 Å². The lowest BCUT2D eigenvalue weighted by Gasteiger charge is -2.24. The molecule has 6 nitrogen and oxygen atoms in total. The molecule has 0 aliphatic carbocycles. The Morgan fingerprint density at radius 2 is 0.964 bits per heavy atom. The number of ether oxygens (including phenoxy) is 1. The summed E-state index contributed by atoms with van der Waals surface area (Å²) in [7, 11) is 0. The number of unbranched alkanes of at least 4 members (excludes halogenated alkanes) is 25. The number of amides is 1. The van der Waals surface area contributed by atoms with E-state index in [2.05, 4.69) is 62.5 Å². The number of aliphatic hydroxyl groups excluding tert-OH is 2. The van der Waals surface area contributed by atoms with Gasteiger partial charge in [0.2, 0.25) is 5.91 Å². The topological polar surface area (TPSA) is 95.9 Å². The maximum Gasteiger partial charge on any atom is 0.306 e. The van der Waals surface area contributed by atoms with Gasteiger partial charge in [-0.05, 0) is 57.8 Å². The molecule has 0 heterocycles. The summed E-state index contributed by atoms with van der Waals surface area (Å²) in [4.78, 5) is 26.0. The monoisotopic (exact) mass is 788 g/mol. The van der Waals surface area contributed by atoms with Crippen LogP contribution < -0.4 is 5.32 Å². The fourth-order valence-corrected chi connectivity index (χ4v) is 7.33. The van der Waals surface area contributed by atoms with Gasteiger partial charge in [0.05, 0.1) is 25.2 Å². The molecule has 1 amide bonds. The Kier molecular flexibility index (Phi) is 42.7. The van der Waals surface area contributed by atoms with Crippen molar-refractivity contribution < 1.29 is 24.5 Å². The Morgan fingerprint density at radius 1 is 0.536 bits per heavy atom. The highest BCUT2D eigenvalue weighted by Crippen LogP contribution is 2.18. The van der Waals surface area contributed by atoms with Gasteiger partial charge in [0.25, 0.3) is 0 Å². The Bertz CT molecular complexity index is 930. The minimum atomic E-state index is -0.790. The van der Waals surface area contributed by atoms with Gasteiger partial charge in [-0.15, -0.1) is 0 Å². The highest BCUT2D eigenvalue weighted by atomic mass is 16.5. The second-order valence-corrected chi connectivity index (χ2v) is 16.5. The van der Waals surface area contributed by atoms with Gasteiger partial charge in [0, 0.05) is 6.42 Å². The predicted octanol–water partition coefficient (Wildman–Crippen LogP) is 14.1. The van der Waals surface area contributed by atoms with Crippen molar-refractivity contribution >= 4 is 11.9 Å². The van der Waals surface area contributed by atoms with Crippen LogP contribution in [-0.4, -0.2) is 46.9 Å². The summed E-state index contributed by atoms with van der Waals surface area (Å²) < 4.78 is 5.91. The van der Waals surface area contributed by atoms with E-state index < -0.39 is 18.2 Å². The van der Waals surface area contributed by atoms with E-state index in [0.29, 0.717) is 19.3 Å². The van der Waals surface area contributed by atoms with Crippen LogP contribution in [0, 0.1) is 0 Å². The van der Waals surface area contributed by atoms with Gasteiger partial charge in [-0.25, -0.2) is 0 Å². The average Bonchev–Trinajstić information content (AvgIpc) is 3.19. The van der Waals surface area contributed by atoms with E-state index in [1.165, 1.54) is 109 Å². The van der Waals surface area contributed by atoms with Crippen molar-refractivity contribution in [2.75, 3.05) is 6.61 Å². The minimum absolute atomic E-state index is 0.0658. The van der Waals surface area contributed by atoms with Crippen LogP contribution in [0.5, 0.6) is 0 Å². The van der Waals surface area contributed by atoms with E-state index in [9.17, 15) is 19.8 Å². The predicted molar refractivity (Wildman–Crippen MR) is 241 cm³/mol. The first-order chi connectivity index (χ1) is 27.5. The standard InChI is InChI=1S/C50H93NO5/c1-4-7-10-13-16-19-22-24-25-27-29-32-35-38-41-46(56-50(55)43-40-37-34-31-28-23-20-17-14-11-8-5-2)44-49(54)51-47(45-52)48(53)42-39-36-33-30-26-21-18-15-12-9-6-3/h7,10,16,19,24-25,46-48,52-53H,4-6,8-9,11-15,17-18,20-23,26-45H2,1-3H3,(H,51,54)/b10-7+,19-16+,25-24+. The van der Waals surface area contributed by atoms with Crippen molar-refractivity contribution in [2.24, 2.45) is 0 Å². The zero-order chi connectivity index (χ0) is 41.0. The number of hydrogen-bond acceptors (Lipinski definition) is 5. The van der Waals surface area contributed by atoms with Crippen LogP contribution in [0.1, 0.15) is 245 Å². The molecule has 0 rings (SSSR count). The van der Waals surface area contributed by atoms with Crippen LogP contribution in [0.15, 0.2) is 36.5 Å². The summed E-state index contributed by atoms with van der Waals surface area (Å²) in [5, 5.41) is 23.7. The maximum atomic E-state index is 13.1. The van der Waals surface area contributed by atoms with Crippen LogP contribution in [0.3, 0.4) is 0 Å². The quantitative estimate of drug-likeness (QED) is 0.0325. The normalized spacial score (nSPS) is 13.6. The molecule has 56 heavy (non-hydrogen) atoms. The molecule has 0 aromatic rings. The van der Waals surface area contributed by atoms with Gasteiger partial charge >= 0.3 is 5.97 Å². The molecule has 0 radical (unpaired) electrons. The number of nitrogens with one attached hydrogen (secondary N) is 1. The summed E-state index contributed by atoms with van der Waals surface area (Å²) in [6.07, 6.45) is 50.6. The molecule has 0 aromatic carbocycles. The lowest BCUT2D eigenvalue weighted by atomic mass is 10.0. The van der Waals surface area contributed by atoms with Crippen molar-refractivity contribution in [1.29, 1.82) is 0 Å². The Labute approximate surface area is 347 Å². The molecule has 0 aliphatic heterocycles. The second-order valence-electron chi connectivity index (χ2n) is 16.5. The van der Waals surface area contributed by atoms with Gasteiger partial charge < -0.3 is 20.3 Å². The lowest BCUT2D eigenvalue weighted by molar-refractivity contribution is -0.151. The molecule has 3 unspecified atom stereocenters. The van der Waals surface area contributed by atoms with Gasteiger partial charge in [0.15, 0.2) is 0 Å². The van der Waals surface area contributed by atoms with Gasteiger partial charge in [-0.1, -0.05) is 211 Å². The third-order valence-electron chi connectivity index (χ3n) is 11.0. The summed E-state index contributed by atoms with van der Waals surface area (Å²) >= 11 is 0. The maximum absolute atomic E-state index is 13.1. The molecule has 0 bridgehead atoms. The van der Waals surface area contributed by atoms with Crippen molar-refractivity contribution in [2.45, 2.75) is 264 Å². The third-order valence-corrected chi connectivity index (χ3v) is 11.0. The largest absolute Gasteiger partial charge is 0.462 e. The molecular weight excluding hydrogens is 695 g/mol. The van der Waals surface area contributed by atoms with E-state index >= 15 is 0 Å². The molecular formula is C50H93NO5. The Balaban J connectivity index is 4.62. The van der Waals surface area contributed by atoms with Crippen LogP contribution in [-0.2, 0) is 14.3 Å². The van der Waals surface area contributed by atoms with E-state index in [1.54, 1.807) is 0 Å². The zero-order valence-electron chi connectivity index (χ0n) is 37.3. The molecule has 3 N–H and O–H groups in total. The smallest absolute Gasteiger partial charge is 0.306 e. The minimum Gasteiger partial charge on any atom is -0.462 e. The number of aliphatic hydroxyl groups is 2. The van der Waals surface area contributed by atoms with Crippen molar-refractivity contribution in [1.82, 2.24) is 5.32 Å². The fourth-order valence-electron chi connectivity index (χ4n) is 7.33. The number of allylic oxidation sites excluding steroid dienone is 6. The van der Waals surface area contributed by atoms with E-state index in [4.69, 9.17) is 4.74 Å². The van der Waals surface area contributed by atoms with Crippen molar-refractivity contribution in [3.8, 4) is 0 Å². The number of esters is 1. The Hall–Kier alpha value is -1.92. The SMILES string of the molecule is CC/C=C/C/C=C/C/C=C/CCCCCCC(CC(=O)NC(CO)C(O)CCCCCCCCCCCCC)OC(=O)CCCCCCCCCCCCCC. The summed E-state index contributed by atoms with van der Waals surface area (Å²) in [5.74, 6) is -0.489.